The van der Waals surface area contributed by atoms with Crippen LogP contribution in [0.25, 0.3) is 0 Å². The Balaban J connectivity index is 1.10. The number of nitrogens with one attached hydrogen (secondary N) is 6. The summed E-state index contributed by atoms with van der Waals surface area (Å²) in [7, 11) is 0. The molecule has 13 atom stereocenters. The molecule has 1 aliphatic rings. The number of ketones is 3. The van der Waals surface area contributed by atoms with Gasteiger partial charge in [-0.15, -0.1) is 5.10 Å². The molecule has 0 saturated carbocycles. The molecule has 1 fully saturated rings. The van der Waals surface area contributed by atoms with E-state index in [1.807, 2.05) is 67.6 Å². The number of hydrogen-bond donors (Lipinski definition) is 14. The molecule has 0 bridgehead atoms. The van der Waals surface area contributed by atoms with Crippen molar-refractivity contribution in [2.24, 2.45) is 45.9 Å². The zero-order chi connectivity index (χ0) is 99.4. The second-order valence-electron chi connectivity index (χ2n) is 33.4. The highest BCUT2D eigenvalue weighted by Gasteiger charge is 2.45. The second kappa shape index (κ2) is 68.9. The van der Waals surface area contributed by atoms with Crippen molar-refractivity contribution in [3.8, 4) is 142 Å². The lowest BCUT2D eigenvalue weighted by molar-refractivity contribution is -0.297. The number of anilines is 1. The Labute approximate surface area is 806 Å². The lowest BCUT2D eigenvalue weighted by atomic mass is 9.89. The number of carbonyl (C=O) groups is 9. The van der Waals surface area contributed by atoms with E-state index in [9.17, 15) is 68.7 Å². The first-order valence-corrected chi connectivity index (χ1v) is 46.7. The summed E-state index contributed by atoms with van der Waals surface area (Å²) in [5, 5.41) is 80.5. The Morgan fingerprint density at radius 3 is 1.68 bits per heavy atom. The van der Waals surface area contributed by atoms with E-state index >= 15 is 0 Å². The van der Waals surface area contributed by atoms with Crippen molar-refractivity contribution < 1.29 is 82.9 Å². The molecule has 1 saturated heterocycles. The fraction of sp³-hybridized carbons (Fsp3) is 0.495. The first-order chi connectivity index (χ1) is 66.2. The van der Waals surface area contributed by atoms with Crippen LogP contribution in [0, 0.1) is 166 Å². The van der Waals surface area contributed by atoms with Crippen molar-refractivity contribution in [2.45, 2.75) is 289 Å². The highest BCUT2D eigenvalue weighted by Crippen LogP contribution is 2.26. The van der Waals surface area contributed by atoms with Crippen LogP contribution in [0.5, 0.6) is 0 Å². The number of nitrogens with two attached hydrogens (primary N) is 3. The monoisotopic (exact) mass is 1870 g/mol. The molecule has 7 amide bonds. The van der Waals surface area contributed by atoms with Crippen LogP contribution < -0.4 is 49.1 Å². The third kappa shape index (κ3) is 50.7. The number of aryl methyl sites for hydroxylation is 2. The average Bonchev–Trinajstić information content (AvgIpc) is 0.903. The summed E-state index contributed by atoms with van der Waals surface area (Å²) < 4.78 is 18.8. The van der Waals surface area contributed by atoms with Gasteiger partial charge < -0.3 is 88.8 Å². The number of amides is 7. The van der Waals surface area contributed by atoms with Gasteiger partial charge in [-0.3, -0.25) is 43.2 Å². The molecule has 0 aliphatic carbocycles. The number of aromatic nitrogens is 3. The molecule has 3 aromatic carbocycles. The Kier molecular flexibility index (Phi) is 57.0. The minimum atomic E-state index is -1.88. The minimum absolute atomic E-state index is 0.00875. The Morgan fingerprint density at radius 1 is 0.547 bits per heavy atom. The number of aliphatic hydroxyl groups is 5. The fourth-order valence-electron chi connectivity index (χ4n) is 14.4. The number of urea groups is 1. The van der Waals surface area contributed by atoms with E-state index in [1.54, 1.807) is 55.9 Å². The van der Waals surface area contributed by atoms with Gasteiger partial charge in [0.15, 0.2) is 23.8 Å². The molecule has 137 heavy (non-hydrogen) atoms. The number of benzene rings is 3. The summed E-state index contributed by atoms with van der Waals surface area (Å²) in [4.78, 5) is 126. The van der Waals surface area contributed by atoms with Crippen molar-refractivity contribution in [3.05, 3.63) is 114 Å². The molecule has 30 nitrogen and oxygen atoms in total. The van der Waals surface area contributed by atoms with Gasteiger partial charge in [-0.25, -0.2) is 9.59 Å². The topological polar surface area (TPSA) is 476 Å². The van der Waals surface area contributed by atoms with Crippen LogP contribution in [-0.4, -0.2) is 187 Å². The standard InChI is InChI=1S/C107H129N13O17/c1-6-8-10-12-14-16-18-20-21-22-23-24-25-26-27-28-29-30-32-34-36-38-47-59-95(125)115-90(98(127)91(122)58-46-37-35-33-31-19-17-15-13-11-9-7-2)78-135-104-101(130)100(129)99(128)94(137-104)75-113-107(134)136-77-83-61-63-86(64-62-83)114-102(131)84(57-51-68-112-106(110)133)74-93(124)97(79(3)4)117-96(126)60-48-41-49-69-120-76-87(118-119-120)65-66-88(121)73-85(71-81-53-42-39-43-54-81)103(132)116-89(72-82-55-44-40-45-56-82)92(123)70-80(5)52-50-67-111-105(108)109/h39-40,42-45,53-56,61-64,76,79-80,84-85,89-91,94,97-101,104,122,127-130H,7,9,11,13,15,17,19,31,33,35,37,41,46,48-52,57-58,60,65-75,77-78H2,1-5H3,(H,113,134)(H,114,131)(H,115,125)(H,116,132)(H,117,126)(H4,108,109,111)(H3,110,112,133)/t80-,84-,85-,89+,90+,91-,94?,97+,98+,99+,100+,101?,104+/m1/s1. The molecule has 30 heteroatoms. The Morgan fingerprint density at radius 2 is 1.11 bits per heavy atom. The summed E-state index contributed by atoms with van der Waals surface area (Å²) in [5.41, 5.74) is 19.4. The van der Waals surface area contributed by atoms with Crippen LogP contribution in [0.15, 0.2) is 96.1 Å². The Hall–Kier alpha value is -14.1. The molecule has 724 valence electrons. The second-order valence-corrected chi connectivity index (χ2v) is 33.4. The average molecular weight is 1870 g/mol. The number of alkyl carbamates (subject to hydrolysis) is 1. The highest BCUT2D eigenvalue weighted by atomic mass is 16.7. The van der Waals surface area contributed by atoms with Crippen LogP contribution in [0.1, 0.15) is 218 Å². The number of rotatable bonds is 58. The van der Waals surface area contributed by atoms with E-state index in [4.69, 9.17) is 31.4 Å². The van der Waals surface area contributed by atoms with Crippen LogP contribution in [0.4, 0.5) is 15.3 Å². The maximum atomic E-state index is 14.3. The van der Waals surface area contributed by atoms with E-state index in [1.165, 1.54) is 38.5 Å². The quantitative estimate of drug-likeness (QED) is 0.00900. The van der Waals surface area contributed by atoms with Crippen LogP contribution in [0.2, 0.25) is 0 Å². The predicted octanol–water partition coefficient (Wildman–Crippen LogP) is 7.18. The van der Waals surface area contributed by atoms with Crippen molar-refractivity contribution >= 4 is 64.7 Å². The molecule has 4 aromatic rings. The highest BCUT2D eigenvalue weighted by molar-refractivity contribution is 5.98. The molecular weight excluding hydrogens is 1740 g/mol. The lowest BCUT2D eigenvalue weighted by Gasteiger charge is -2.41. The summed E-state index contributed by atoms with van der Waals surface area (Å²) in [6.45, 7) is 9.06. The summed E-state index contributed by atoms with van der Waals surface area (Å²) in [5.74, 6) is 54.6. The molecule has 0 spiro atoms. The van der Waals surface area contributed by atoms with Crippen molar-refractivity contribution in [3.63, 3.8) is 0 Å². The lowest BCUT2D eigenvalue weighted by Crippen LogP contribution is -2.61. The number of primary amides is 1. The van der Waals surface area contributed by atoms with E-state index < -0.39 is 110 Å². The number of unbranched alkanes of at least 4 members (excludes halogenated alkanes) is 13. The van der Waals surface area contributed by atoms with Gasteiger partial charge in [-0.2, -0.15) is 0 Å². The predicted molar refractivity (Wildman–Crippen MR) is 522 cm³/mol. The third-order valence-corrected chi connectivity index (χ3v) is 21.8. The smallest absolute Gasteiger partial charge is 0.407 e. The van der Waals surface area contributed by atoms with Gasteiger partial charge in [0.05, 0.1) is 36.5 Å². The van der Waals surface area contributed by atoms with Crippen LogP contribution >= 0.6 is 0 Å². The van der Waals surface area contributed by atoms with E-state index in [-0.39, 0.29) is 131 Å². The number of carbonyl (C=O) groups excluding carboxylic acids is 9. The SMILES string of the molecule is CC#CC#CC#CC#CC#CC#CC#CC#CC#CC#CC#CC#CC(=O)N[C@@H](CO[C@H]1OC(CNC(=O)OCc2ccc(NC(=O)[C@H](CCCNC(N)=O)CC(=O)[C@@H](NC(=O)CCCCCn3cc(CCC(=O)C[C@@H](Cc4ccccc4)C(=O)N[C@@H](Cc4ccccc4)C(=O)C[C@H](C)CCCN=C(N)N)nn3)C(C)C)cc2)[C@H](O)[C@H](O)C1O)[C@H](O)[C@H](O)CCCCCCCCCCCCCC. The first kappa shape index (κ1) is 113. The van der Waals surface area contributed by atoms with Gasteiger partial charge >= 0.3 is 12.1 Å². The fourth-order valence-corrected chi connectivity index (χ4v) is 14.4. The zero-order valence-corrected chi connectivity index (χ0v) is 78.9. The van der Waals surface area contributed by atoms with Gasteiger partial charge in [-0.05, 0) is 207 Å². The largest absolute Gasteiger partial charge is 0.445 e. The Bertz CT molecular complexity index is 5400. The number of ether oxygens (including phenoxy) is 3. The van der Waals surface area contributed by atoms with E-state index in [0.29, 0.717) is 68.6 Å². The van der Waals surface area contributed by atoms with Crippen LogP contribution in [-0.2, 0) is 80.2 Å². The van der Waals surface area contributed by atoms with E-state index in [0.717, 1.165) is 43.2 Å². The molecule has 2 unspecified atom stereocenters. The molecule has 2 heterocycles. The summed E-state index contributed by atoms with van der Waals surface area (Å²) >= 11 is 0. The summed E-state index contributed by atoms with van der Waals surface area (Å²) in [6, 6.07) is 21.2. The maximum Gasteiger partial charge on any atom is 0.407 e. The van der Waals surface area contributed by atoms with Crippen LogP contribution in [0.3, 0.4) is 0 Å². The number of Topliss-reactive ketones (excluding diaryl/α,β-unsaturated/α-hetero) is 3. The normalized spacial score (nSPS) is 15.2. The first-order valence-electron chi connectivity index (χ1n) is 46.7. The third-order valence-electron chi connectivity index (χ3n) is 21.8. The number of aliphatic imine (C=N–C) groups is 1. The summed E-state index contributed by atoms with van der Waals surface area (Å²) in [6.07, 6.45) is 6.81. The van der Waals surface area contributed by atoms with Crippen molar-refractivity contribution in [2.75, 3.05) is 31.6 Å². The number of nitrogens with zero attached hydrogens (tertiary/aromatic N) is 4. The van der Waals surface area contributed by atoms with Gasteiger partial charge in [0.25, 0.3) is 5.91 Å². The maximum absolute atomic E-state index is 14.3. The van der Waals surface area contributed by atoms with Crippen molar-refractivity contribution in [1.29, 1.82) is 0 Å². The van der Waals surface area contributed by atoms with Crippen molar-refractivity contribution in [1.82, 2.24) is 41.6 Å². The number of aliphatic hydroxyl groups excluding tert-OH is 5. The number of guanidine groups is 1. The molecule has 1 aliphatic heterocycles. The van der Waals surface area contributed by atoms with Gasteiger partial charge in [0.2, 0.25) is 17.7 Å². The molecule has 17 N–H and O–H groups in total. The van der Waals surface area contributed by atoms with Gasteiger partial charge in [0, 0.05) is 123 Å². The minimum Gasteiger partial charge on any atom is -0.445 e. The van der Waals surface area contributed by atoms with Gasteiger partial charge in [0.1, 0.15) is 42.9 Å². The van der Waals surface area contributed by atoms with E-state index in [2.05, 4.69) is 196 Å². The zero-order valence-electron chi connectivity index (χ0n) is 78.9. The molecule has 0 radical (unpaired) electrons. The molecular formula is C107H129N13O17. The molecule has 5 rings (SSSR count). The van der Waals surface area contributed by atoms with Gasteiger partial charge in [-0.1, -0.05) is 195 Å². The molecule has 1 aromatic heterocycles. The number of hydrogen-bond acceptors (Lipinski definition) is 20.